The quantitative estimate of drug-likeness (QED) is 0.315. The van der Waals surface area contributed by atoms with Crippen molar-refractivity contribution in [3.63, 3.8) is 0 Å². The number of ether oxygens (including phenoxy) is 1. The van der Waals surface area contributed by atoms with Crippen LogP contribution in [-0.4, -0.2) is 21.5 Å². The van der Waals surface area contributed by atoms with Crippen LogP contribution in [0, 0.1) is 18.6 Å². The molecule has 0 aliphatic carbocycles. The van der Waals surface area contributed by atoms with E-state index in [2.05, 4.69) is 20.3 Å². The fourth-order valence-corrected chi connectivity index (χ4v) is 3.61. The Morgan fingerprint density at radius 1 is 1.00 bits per heavy atom. The topological polar surface area (TPSA) is 59.9 Å². The van der Waals surface area contributed by atoms with Gasteiger partial charge in [-0.25, -0.2) is 23.1 Å². The molecule has 176 valence electrons. The van der Waals surface area contributed by atoms with Crippen LogP contribution < -0.4 is 10.1 Å². The van der Waals surface area contributed by atoms with Gasteiger partial charge in [0.2, 0.25) is 0 Å². The van der Waals surface area contributed by atoms with E-state index < -0.39 is 17.3 Å². The van der Waals surface area contributed by atoms with E-state index >= 15 is 0 Å². The summed E-state index contributed by atoms with van der Waals surface area (Å²) in [4.78, 5) is 12.0. The molecule has 2 aromatic heterocycles. The van der Waals surface area contributed by atoms with Gasteiger partial charge in [0.15, 0.2) is 0 Å². The van der Waals surface area contributed by atoms with Crippen LogP contribution in [-0.2, 0) is 12.1 Å². The highest BCUT2D eigenvalue weighted by molar-refractivity contribution is 5.89. The van der Waals surface area contributed by atoms with E-state index in [0.717, 1.165) is 23.3 Å². The molecule has 0 bridgehead atoms. The van der Waals surface area contributed by atoms with Crippen LogP contribution in [0.3, 0.4) is 0 Å². The van der Waals surface area contributed by atoms with Gasteiger partial charge in [-0.15, -0.1) is 0 Å². The van der Waals surface area contributed by atoms with Crippen molar-refractivity contribution < 1.29 is 17.9 Å². The van der Waals surface area contributed by atoms with E-state index in [-0.39, 0.29) is 16.7 Å². The predicted octanol–water partition coefficient (Wildman–Crippen LogP) is 6.65. The van der Waals surface area contributed by atoms with E-state index in [1.165, 1.54) is 13.3 Å². The van der Waals surface area contributed by atoms with Crippen LogP contribution in [0.5, 0.6) is 11.5 Å². The Balaban J connectivity index is 1.44. The smallest absolute Gasteiger partial charge is 0.149 e. The molecular formula is C26H25F3N4O. The molecule has 0 spiro atoms. The van der Waals surface area contributed by atoms with Crippen LogP contribution in [0.2, 0.25) is 0 Å². The summed E-state index contributed by atoms with van der Waals surface area (Å²) in [6, 6.07) is 11.2. The maximum absolute atomic E-state index is 14.6. The lowest BCUT2D eigenvalue weighted by atomic mass is 10.0. The summed E-state index contributed by atoms with van der Waals surface area (Å²) in [5, 5.41) is 3.11. The summed E-state index contributed by atoms with van der Waals surface area (Å²) in [6.07, 6.45) is 3.69. The molecule has 8 heteroatoms. The number of rotatable bonds is 8. The lowest BCUT2D eigenvalue weighted by Gasteiger charge is -2.18. The first-order valence-electron chi connectivity index (χ1n) is 11.0. The Kier molecular flexibility index (Phi) is 6.68. The van der Waals surface area contributed by atoms with Crippen molar-refractivity contribution in [3.8, 4) is 11.5 Å². The first-order valence-corrected chi connectivity index (χ1v) is 11.0. The summed E-state index contributed by atoms with van der Waals surface area (Å²) in [5.74, 6) is 0.248. The lowest BCUT2D eigenvalue weighted by molar-refractivity contribution is 0.178. The van der Waals surface area contributed by atoms with Crippen LogP contribution in [0.1, 0.15) is 37.1 Å². The van der Waals surface area contributed by atoms with Gasteiger partial charge in [-0.3, -0.25) is 4.98 Å². The SMILES string of the molecule is CCC(C)(F)c1cc(Oc2ccc(CCNc3ncnc4c(F)ccc(F)c34)cc2C)ccn1. The highest BCUT2D eigenvalue weighted by atomic mass is 19.1. The second kappa shape index (κ2) is 9.67. The van der Waals surface area contributed by atoms with Crippen molar-refractivity contribution in [1.82, 2.24) is 15.0 Å². The number of nitrogens with one attached hydrogen (secondary N) is 1. The van der Waals surface area contributed by atoms with Gasteiger partial charge in [0, 0.05) is 18.8 Å². The third-order valence-corrected chi connectivity index (χ3v) is 5.79. The van der Waals surface area contributed by atoms with Crippen LogP contribution in [0.4, 0.5) is 19.0 Å². The molecule has 5 nitrogen and oxygen atoms in total. The molecular weight excluding hydrogens is 441 g/mol. The van der Waals surface area contributed by atoms with Crippen LogP contribution in [0.25, 0.3) is 10.9 Å². The molecule has 1 atom stereocenters. The molecule has 0 saturated carbocycles. The minimum absolute atomic E-state index is 0.0339. The Morgan fingerprint density at radius 2 is 1.79 bits per heavy atom. The van der Waals surface area contributed by atoms with Gasteiger partial charge in [-0.05, 0) is 62.1 Å². The molecule has 34 heavy (non-hydrogen) atoms. The van der Waals surface area contributed by atoms with Crippen molar-refractivity contribution >= 4 is 16.7 Å². The fraction of sp³-hybridized carbons (Fsp3) is 0.269. The summed E-state index contributed by atoms with van der Waals surface area (Å²) < 4.78 is 48.8. The maximum atomic E-state index is 14.6. The molecule has 2 heterocycles. The minimum atomic E-state index is -1.52. The number of halogens is 3. The first kappa shape index (κ1) is 23.5. The number of alkyl halides is 1. The second-order valence-electron chi connectivity index (χ2n) is 8.28. The second-order valence-corrected chi connectivity index (χ2v) is 8.28. The Labute approximate surface area is 196 Å². The largest absolute Gasteiger partial charge is 0.457 e. The van der Waals surface area contributed by atoms with Crippen molar-refractivity contribution in [2.24, 2.45) is 0 Å². The molecule has 1 unspecified atom stereocenters. The Hall–Kier alpha value is -3.68. The van der Waals surface area contributed by atoms with Gasteiger partial charge >= 0.3 is 0 Å². The number of hydrogen-bond acceptors (Lipinski definition) is 5. The standard InChI is InChI=1S/C26H25F3N4O/c1-4-26(3,29)22-14-18(10-12-30-22)34-21-8-5-17(13-16(21)2)9-11-31-25-23-19(27)6-7-20(28)24(23)32-15-33-25/h5-8,10,12-15H,4,9,11H2,1-3H3,(H,31,32,33). The third-order valence-electron chi connectivity index (χ3n) is 5.79. The number of benzene rings is 2. The highest BCUT2D eigenvalue weighted by Gasteiger charge is 2.25. The Bertz CT molecular complexity index is 1330. The number of pyridine rings is 1. The predicted molar refractivity (Wildman–Crippen MR) is 126 cm³/mol. The minimum Gasteiger partial charge on any atom is -0.457 e. The van der Waals surface area contributed by atoms with Crippen molar-refractivity contribution in [3.05, 3.63) is 83.4 Å². The number of fused-ring (bicyclic) bond motifs is 1. The van der Waals surface area contributed by atoms with Crippen LogP contribution in [0.15, 0.2) is 55.0 Å². The van der Waals surface area contributed by atoms with Crippen LogP contribution >= 0.6 is 0 Å². The van der Waals surface area contributed by atoms with Gasteiger partial charge < -0.3 is 10.1 Å². The maximum Gasteiger partial charge on any atom is 0.149 e. The molecule has 0 fully saturated rings. The van der Waals surface area contributed by atoms with E-state index in [0.29, 0.717) is 36.6 Å². The monoisotopic (exact) mass is 466 g/mol. The molecule has 0 saturated heterocycles. The van der Waals surface area contributed by atoms with Crippen molar-refractivity contribution in [2.45, 2.75) is 39.3 Å². The van der Waals surface area contributed by atoms with Crippen molar-refractivity contribution in [1.29, 1.82) is 0 Å². The summed E-state index contributed by atoms with van der Waals surface area (Å²) >= 11 is 0. The fourth-order valence-electron chi connectivity index (χ4n) is 3.61. The summed E-state index contributed by atoms with van der Waals surface area (Å²) in [5.41, 5.74) is 0.701. The first-order chi connectivity index (χ1) is 16.3. The van der Waals surface area contributed by atoms with Gasteiger partial charge in [0.1, 0.15) is 46.5 Å². The molecule has 1 N–H and O–H groups in total. The summed E-state index contributed by atoms with van der Waals surface area (Å²) in [7, 11) is 0. The van der Waals surface area contributed by atoms with E-state index in [1.807, 2.05) is 25.1 Å². The number of aromatic nitrogens is 3. The van der Waals surface area contributed by atoms with E-state index in [9.17, 15) is 13.2 Å². The van der Waals surface area contributed by atoms with Gasteiger partial charge in [0.05, 0.1) is 11.1 Å². The van der Waals surface area contributed by atoms with Crippen molar-refractivity contribution in [2.75, 3.05) is 11.9 Å². The highest BCUT2D eigenvalue weighted by Crippen LogP contribution is 2.32. The van der Waals surface area contributed by atoms with E-state index in [4.69, 9.17) is 4.74 Å². The van der Waals surface area contributed by atoms with E-state index in [1.54, 1.807) is 25.3 Å². The average Bonchev–Trinajstić information content (AvgIpc) is 2.83. The number of aryl methyl sites for hydroxylation is 1. The zero-order valence-corrected chi connectivity index (χ0v) is 19.2. The molecule has 2 aromatic carbocycles. The number of anilines is 1. The van der Waals surface area contributed by atoms with Gasteiger partial charge in [-0.1, -0.05) is 19.1 Å². The molecule has 0 aliphatic rings. The molecule has 0 aliphatic heterocycles. The molecule has 0 amide bonds. The van der Waals surface area contributed by atoms with Gasteiger partial charge in [-0.2, -0.15) is 0 Å². The summed E-state index contributed by atoms with van der Waals surface area (Å²) in [6.45, 7) is 5.66. The normalized spacial score (nSPS) is 13.0. The zero-order chi connectivity index (χ0) is 24.3. The third kappa shape index (κ3) is 4.95. The molecule has 4 aromatic rings. The number of hydrogen-bond donors (Lipinski definition) is 1. The van der Waals surface area contributed by atoms with Gasteiger partial charge in [0.25, 0.3) is 0 Å². The Morgan fingerprint density at radius 3 is 2.56 bits per heavy atom. The lowest BCUT2D eigenvalue weighted by Crippen LogP contribution is -2.15. The zero-order valence-electron chi connectivity index (χ0n) is 19.2. The molecule has 0 radical (unpaired) electrons. The average molecular weight is 467 g/mol. The molecule has 4 rings (SSSR count). The number of nitrogens with zero attached hydrogens (tertiary/aromatic N) is 3.